The monoisotopic (exact) mass is 440 g/mol. The van der Waals surface area contributed by atoms with Crippen LogP contribution in [0, 0.1) is 0 Å². The fraction of sp³-hybridized carbons (Fsp3) is 0.115. The number of rotatable bonds is 6. The fourth-order valence-electron chi connectivity index (χ4n) is 3.59. The molecule has 33 heavy (non-hydrogen) atoms. The highest BCUT2D eigenvalue weighted by Gasteiger charge is 2.21. The average molecular weight is 440 g/mol. The van der Waals surface area contributed by atoms with Crippen LogP contribution in [0.1, 0.15) is 31.8 Å². The quantitative estimate of drug-likeness (QED) is 0.330. The largest absolute Gasteiger partial charge is 0.486 e. The lowest BCUT2D eigenvalue weighted by atomic mass is 9.98. The Bertz CT molecular complexity index is 1300. The summed E-state index contributed by atoms with van der Waals surface area (Å²) >= 11 is 0. The Hall–Kier alpha value is -4.39. The van der Waals surface area contributed by atoms with E-state index < -0.39 is 5.97 Å². The maximum Gasteiger partial charge on any atom is 0.339 e. The van der Waals surface area contributed by atoms with Gasteiger partial charge in [-0.05, 0) is 48.0 Å². The summed E-state index contributed by atoms with van der Waals surface area (Å²) < 4.78 is 18.3. The molecule has 1 aromatic heterocycles. The van der Waals surface area contributed by atoms with Crippen LogP contribution >= 0.6 is 0 Å². The van der Waals surface area contributed by atoms with E-state index in [4.69, 9.17) is 14.2 Å². The van der Waals surface area contributed by atoms with Crippen LogP contribution in [-0.2, 0) is 11.3 Å². The highest BCUT2D eigenvalue weighted by molar-refractivity contribution is 6.14. The molecule has 0 spiro atoms. The summed E-state index contributed by atoms with van der Waals surface area (Å²) in [5.41, 5.74) is 2.63. The number of ether oxygens (including phenoxy) is 3. The van der Waals surface area contributed by atoms with Crippen molar-refractivity contribution in [1.29, 1.82) is 0 Å². The van der Waals surface area contributed by atoms with E-state index in [0.717, 1.165) is 11.3 Å². The fourth-order valence-corrected chi connectivity index (χ4v) is 3.59. The van der Waals surface area contributed by atoms with Gasteiger partial charge in [-0.25, -0.2) is 9.48 Å². The number of esters is 1. The van der Waals surface area contributed by atoms with Crippen LogP contribution in [0.25, 0.3) is 5.69 Å². The predicted octanol–water partition coefficient (Wildman–Crippen LogP) is 4.23. The Kier molecular flexibility index (Phi) is 5.59. The SMILES string of the molecule is O=C(OCc1ccc(-n2cccn2)cc1)c1ccccc1C(=O)c1ccc2c(c1)OCCO2. The minimum absolute atomic E-state index is 0.0881. The molecule has 0 atom stereocenters. The average Bonchev–Trinajstić information content (AvgIpc) is 3.42. The summed E-state index contributed by atoms with van der Waals surface area (Å²) in [6, 6.07) is 21.0. The van der Waals surface area contributed by atoms with Crippen molar-refractivity contribution in [2.45, 2.75) is 6.61 Å². The van der Waals surface area contributed by atoms with Crippen molar-refractivity contribution in [2.75, 3.05) is 13.2 Å². The Balaban J connectivity index is 1.31. The number of aromatic nitrogens is 2. The Morgan fingerprint density at radius 2 is 1.64 bits per heavy atom. The minimum atomic E-state index is -0.562. The number of ketones is 1. The van der Waals surface area contributed by atoms with Gasteiger partial charge in [0.1, 0.15) is 19.8 Å². The molecule has 0 fully saturated rings. The zero-order valence-electron chi connectivity index (χ0n) is 17.6. The molecule has 0 bridgehead atoms. The maximum atomic E-state index is 13.2. The van der Waals surface area contributed by atoms with Gasteiger partial charge in [-0.3, -0.25) is 4.79 Å². The molecule has 1 aliphatic rings. The van der Waals surface area contributed by atoms with Crippen LogP contribution in [0.5, 0.6) is 11.5 Å². The van der Waals surface area contributed by atoms with Gasteiger partial charge in [-0.2, -0.15) is 5.10 Å². The first-order valence-corrected chi connectivity index (χ1v) is 10.5. The molecule has 0 aliphatic carbocycles. The molecule has 0 amide bonds. The molecule has 0 saturated carbocycles. The third kappa shape index (κ3) is 4.34. The predicted molar refractivity (Wildman–Crippen MR) is 120 cm³/mol. The third-order valence-corrected chi connectivity index (χ3v) is 5.27. The van der Waals surface area contributed by atoms with E-state index in [2.05, 4.69) is 5.10 Å². The normalized spacial score (nSPS) is 12.2. The van der Waals surface area contributed by atoms with Crippen LogP contribution in [0.3, 0.4) is 0 Å². The number of benzene rings is 3. The van der Waals surface area contributed by atoms with E-state index in [1.807, 2.05) is 36.5 Å². The van der Waals surface area contributed by atoms with Crippen molar-refractivity contribution in [3.63, 3.8) is 0 Å². The van der Waals surface area contributed by atoms with Gasteiger partial charge in [0.15, 0.2) is 17.3 Å². The Morgan fingerprint density at radius 3 is 2.39 bits per heavy atom. The number of nitrogens with zero attached hydrogens (tertiary/aromatic N) is 2. The van der Waals surface area contributed by atoms with Crippen LogP contribution < -0.4 is 9.47 Å². The van der Waals surface area contributed by atoms with Gasteiger partial charge in [0.25, 0.3) is 0 Å². The van der Waals surface area contributed by atoms with Gasteiger partial charge < -0.3 is 14.2 Å². The molecule has 5 rings (SSSR count). The Morgan fingerprint density at radius 1 is 0.879 bits per heavy atom. The van der Waals surface area contributed by atoms with Gasteiger partial charge >= 0.3 is 5.97 Å². The lowest BCUT2D eigenvalue weighted by Crippen LogP contribution is -2.16. The number of carbonyl (C=O) groups excluding carboxylic acids is 2. The summed E-state index contributed by atoms with van der Waals surface area (Å²) in [5.74, 6) is 0.269. The molecule has 0 N–H and O–H groups in total. The highest BCUT2D eigenvalue weighted by Crippen LogP contribution is 2.31. The number of carbonyl (C=O) groups is 2. The molecule has 7 heteroatoms. The zero-order chi connectivity index (χ0) is 22.6. The second-order valence-corrected chi connectivity index (χ2v) is 7.43. The van der Waals surface area contributed by atoms with E-state index in [0.29, 0.717) is 30.3 Å². The van der Waals surface area contributed by atoms with Gasteiger partial charge in [-0.15, -0.1) is 0 Å². The lowest BCUT2D eigenvalue weighted by molar-refractivity contribution is 0.0470. The summed E-state index contributed by atoms with van der Waals surface area (Å²) in [4.78, 5) is 26.0. The topological polar surface area (TPSA) is 79.7 Å². The highest BCUT2D eigenvalue weighted by atomic mass is 16.6. The number of hydrogen-bond donors (Lipinski definition) is 0. The van der Waals surface area contributed by atoms with E-state index in [9.17, 15) is 9.59 Å². The van der Waals surface area contributed by atoms with Crippen molar-refractivity contribution in [2.24, 2.45) is 0 Å². The smallest absolute Gasteiger partial charge is 0.339 e. The number of fused-ring (bicyclic) bond motifs is 1. The summed E-state index contributed by atoms with van der Waals surface area (Å²) in [6.45, 7) is 0.988. The molecule has 0 unspecified atom stereocenters. The minimum Gasteiger partial charge on any atom is -0.486 e. The second kappa shape index (κ2) is 9.00. The third-order valence-electron chi connectivity index (χ3n) is 5.27. The van der Waals surface area contributed by atoms with Crippen molar-refractivity contribution in [3.8, 4) is 17.2 Å². The molecule has 0 saturated heterocycles. The van der Waals surface area contributed by atoms with Crippen molar-refractivity contribution in [3.05, 3.63) is 107 Å². The van der Waals surface area contributed by atoms with Crippen LogP contribution in [0.15, 0.2) is 85.2 Å². The van der Waals surface area contributed by atoms with E-state index in [1.165, 1.54) is 0 Å². The molecule has 2 heterocycles. The zero-order valence-corrected chi connectivity index (χ0v) is 17.6. The first kappa shape index (κ1) is 20.5. The van der Waals surface area contributed by atoms with E-state index in [-0.39, 0.29) is 23.5 Å². The molecule has 0 radical (unpaired) electrons. The molecular weight excluding hydrogens is 420 g/mol. The summed E-state index contributed by atoms with van der Waals surface area (Å²) in [5, 5.41) is 4.19. The van der Waals surface area contributed by atoms with Gasteiger partial charge in [0.2, 0.25) is 0 Å². The number of hydrogen-bond acceptors (Lipinski definition) is 6. The molecule has 164 valence electrons. The molecule has 3 aromatic carbocycles. The molecule has 7 nitrogen and oxygen atoms in total. The Labute approximate surface area is 190 Å². The van der Waals surface area contributed by atoms with Gasteiger partial charge in [0, 0.05) is 23.5 Å². The van der Waals surface area contributed by atoms with Crippen LogP contribution in [0.2, 0.25) is 0 Å². The van der Waals surface area contributed by atoms with Crippen LogP contribution in [0.4, 0.5) is 0 Å². The first-order chi connectivity index (χ1) is 16.2. The van der Waals surface area contributed by atoms with Crippen molar-refractivity contribution in [1.82, 2.24) is 9.78 Å². The van der Waals surface area contributed by atoms with Crippen LogP contribution in [-0.4, -0.2) is 34.7 Å². The van der Waals surface area contributed by atoms with Gasteiger partial charge in [0.05, 0.1) is 11.3 Å². The molecular formula is C26H20N2O5. The maximum absolute atomic E-state index is 13.2. The second-order valence-electron chi connectivity index (χ2n) is 7.43. The summed E-state index contributed by atoms with van der Waals surface area (Å²) in [6.07, 6.45) is 3.56. The van der Waals surface area contributed by atoms with E-state index in [1.54, 1.807) is 53.3 Å². The van der Waals surface area contributed by atoms with Crippen molar-refractivity contribution >= 4 is 11.8 Å². The lowest BCUT2D eigenvalue weighted by Gasteiger charge is -2.18. The van der Waals surface area contributed by atoms with Gasteiger partial charge in [-0.1, -0.05) is 30.3 Å². The van der Waals surface area contributed by atoms with Crippen molar-refractivity contribution < 1.29 is 23.8 Å². The molecule has 4 aromatic rings. The first-order valence-electron chi connectivity index (χ1n) is 10.5. The van der Waals surface area contributed by atoms with E-state index >= 15 is 0 Å². The summed E-state index contributed by atoms with van der Waals surface area (Å²) in [7, 11) is 0. The molecule has 1 aliphatic heterocycles. The standard InChI is InChI=1S/C26H20N2O5/c29-25(19-8-11-23-24(16-19)32-15-14-31-23)21-4-1-2-5-22(21)26(30)33-17-18-6-9-20(10-7-18)28-13-3-12-27-28/h1-13,16H,14-15,17H2.